The Bertz CT molecular complexity index is 936. The van der Waals surface area contributed by atoms with Crippen molar-refractivity contribution in [2.75, 3.05) is 22.6 Å². The Labute approximate surface area is 165 Å². The second-order valence-electron chi connectivity index (χ2n) is 6.60. The molecule has 0 spiro atoms. The lowest BCUT2D eigenvalue weighted by Gasteiger charge is -2.20. The van der Waals surface area contributed by atoms with Crippen molar-refractivity contribution in [3.05, 3.63) is 90.0 Å². The molecule has 0 radical (unpaired) electrons. The molecule has 0 atom stereocenters. The van der Waals surface area contributed by atoms with Crippen molar-refractivity contribution in [1.29, 1.82) is 0 Å². The van der Waals surface area contributed by atoms with Crippen molar-refractivity contribution in [2.45, 2.75) is 13.5 Å². The van der Waals surface area contributed by atoms with Gasteiger partial charge in [-0.3, -0.25) is 9.59 Å². The molecule has 2 amide bonds. The van der Waals surface area contributed by atoms with E-state index in [4.69, 9.17) is 0 Å². The molecule has 0 aliphatic rings. The molecule has 0 unspecified atom stereocenters. The maximum Gasteiger partial charge on any atom is 0.255 e. The molecule has 0 saturated heterocycles. The smallest absolute Gasteiger partial charge is 0.255 e. The molecule has 0 aliphatic carbocycles. The molecule has 0 heterocycles. The lowest BCUT2D eigenvalue weighted by atomic mass is 10.1. The zero-order valence-electron chi connectivity index (χ0n) is 16.0. The van der Waals surface area contributed by atoms with Crippen LogP contribution in [0.3, 0.4) is 0 Å². The van der Waals surface area contributed by atoms with E-state index in [9.17, 15) is 9.59 Å². The van der Waals surface area contributed by atoms with Crippen LogP contribution in [0.4, 0.5) is 17.1 Å². The van der Waals surface area contributed by atoms with Crippen molar-refractivity contribution in [2.24, 2.45) is 0 Å². The summed E-state index contributed by atoms with van der Waals surface area (Å²) in [7, 11) is 2.04. The highest BCUT2D eigenvalue weighted by Gasteiger charge is 2.07. The molecule has 0 fully saturated rings. The molecule has 0 bridgehead atoms. The van der Waals surface area contributed by atoms with E-state index in [1.54, 1.807) is 24.3 Å². The number of carbonyl (C=O) groups excluding carboxylic acids is 2. The first-order valence-electron chi connectivity index (χ1n) is 9.05. The maximum absolute atomic E-state index is 12.4. The average Bonchev–Trinajstić information content (AvgIpc) is 2.69. The Balaban J connectivity index is 1.60. The minimum Gasteiger partial charge on any atom is -0.370 e. The summed E-state index contributed by atoms with van der Waals surface area (Å²) in [5, 5.41) is 5.57. The predicted octanol–water partition coefficient (Wildman–Crippen LogP) is 4.53. The fourth-order valence-electron chi connectivity index (χ4n) is 2.86. The van der Waals surface area contributed by atoms with Crippen molar-refractivity contribution < 1.29 is 9.59 Å². The van der Waals surface area contributed by atoms with Gasteiger partial charge in [-0.1, -0.05) is 30.3 Å². The molecule has 28 heavy (non-hydrogen) atoms. The average molecular weight is 373 g/mol. The molecule has 0 saturated carbocycles. The van der Waals surface area contributed by atoms with E-state index < -0.39 is 0 Å². The quantitative estimate of drug-likeness (QED) is 0.667. The Hall–Kier alpha value is -3.60. The topological polar surface area (TPSA) is 61.4 Å². The molecular weight excluding hydrogens is 350 g/mol. The monoisotopic (exact) mass is 373 g/mol. The van der Waals surface area contributed by atoms with Crippen LogP contribution in [-0.4, -0.2) is 18.9 Å². The van der Waals surface area contributed by atoms with Crippen LogP contribution in [0.15, 0.2) is 78.9 Å². The van der Waals surface area contributed by atoms with Gasteiger partial charge < -0.3 is 15.5 Å². The zero-order valence-corrected chi connectivity index (χ0v) is 16.0. The molecule has 5 heteroatoms. The summed E-state index contributed by atoms with van der Waals surface area (Å²) in [6.45, 7) is 2.26. The van der Waals surface area contributed by atoms with Gasteiger partial charge in [0.2, 0.25) is 5.91 Å². The number of rotatable bonds is 6. The second kappa shape index (κ2) is 8.86. The number of amides is 2. The number of benzene rings is 3. The van der Waals surface area contributed by atoms with E-state index in [0.29, 0.717) is 11.3 Å². The van der Waals surface area contributed by atoms with E-state index in [1.165, 1.54) is 12.5 Å². The summed E-state index contributed by atoms with van der Waals surface area (Å²) >= 11 is 0. The summed E-state index contributed by atoms with van der Waals surface area (Å²) in [6.07, 6.45) is 0. The third kappa shape index (κ3) is 5.20. The number of anilines is 3. The number of nitrogens with one attached hydrogen (secondary N) is 2. The molecule has 5 nitrogen and oxygen atoms in total. The van der Waals surface area contributed by atoms with Gasteiger partial charge in [0.25, 0.3) is 5.91 Å². The van der Waals surface area contributed by atoms with Gasteiger partial charge >= 0.3 is 0 Å². The highest BCUT2D eigenvalue weighted by molar-refractivity contribution is 6.04. The van der Waals surface area contributed by atoms with E-state index in [-0.39, 0.29) is 11.8 Å². The summed E-state index contributed by atoms with van der Waals surface area (Å²) in [5.74, 6) is -0.339. The van der Waals surface area contributed by atoms with Crippen LogP contribution in [0.1, 0.15) is 22.8 Å². The minimum absolute atomic E-state index is 0.144. The highest BCUT2D eigenvalue weighted by atomic mass is 16.2. The molecule has 142 valence electrons. The standard InChI is InChI=1S/C23H23N3O2/c1-17(27)24-20-10-8-19(9-11-20)23(28)25-21-12-14-22(15-13-21)26(2)16-18-6-4-3-5-7-18/h3-15H,16H2,1-2H3,(H,24,27)(H,25,28). The first kappa shape index (κ1) is 19.2. The van der Waals surface area contributed by atoms with Gasteiger partial charge in [-0.25, -0.2) is 0 Å². The number of hydrogen-bond donors (Lipinski definition) is 2. The van der Waals surface area contributed by atoms with Gasteiger partial charge in [0.15, 0.2) is 0 Å². The van der Waals surface area contributed by atoms with Gasteiger partial charge in [0.1, 0.15) is 0 Å². The Morgan fingerprint density at radius 1 is 0.786 bits per heavy atom. The fraction of sp³-hybridized carbons (Fsp3) is 0.130. The zero-order chi connectivity index (χ0) is 19.9. The van der Waals surface area contributed by atoms with E-state index in [0.717, 1.165) is 17.9 Å². The summed E-state index contributed by atoms with van der Waals surface area (Å²) < 4.78 is 0. The number of nitrogens with zero attached hydrogens (tertiary/aromatic N) is 1. The van der Waals surface area contributed by atoms with Gasteiger partial charge in [-0.2, -0.15) is 0 Å². The number of carbonyl (C=O) groups is 2. The van der Waals surface area contributed by atoms with Gasteiger partial charge in [-0.05, 0) is 54.1 Å². The molecule has 2 N–H and O–H groups in total. The molecule has 3 rings (SSSR count). The fourth-order valence-corrected chi connectivity index (χ4v) is 2.86. The van der Waals surface area contributed by atoms with Crippen LogP contribution in [-0.2, 0) is 11.3 Å². The molecule has 0 aliphatic heterocycles. The lowest BCUT2D eigenvalue weighted by molar-refractivity contribution is -0.114. The van der Waals surface area contributed by atoms with Crippen molar-refractivity contribution in [1.82, 2.24) is 0 Å². The van der Waals surface area contributed by atoms with Crippen molar-refractivity contribution in [3.63, 3.8) is 0 Å². The molecular formula is C23H23N3O2. The van der Waals surface area contributed by atoms with Crippen LogP contribution in [0.25, 0.3) is 0 Å². The third-order valence-electron chi connectivity index (χ3n) is 4.30. The van der Waals surface area contributed by atoms with E-state index >= 15 is 0 Å². The van der Waals surface area contributed by atoms with Crippen LogP contribution in [0.2, 0.25) is 0 Å². The van der Waals surface area contributed by atoms with Crippen LogP contribution in [0.5, 0.6) is 0 Å². The van der Waals surface area contributed by atoms with E-state index in [2.05, 4.69) is 27.7 Å². The van der Waals surface area contributed by atoms with Crippen LogP contribution in [0, 0.1) is 0 Å². The van der Waals surface area contributed by atoms with Gasteiger partial charge in [0, 0.05) is 43.1 Å². The van der Waals surface area contributed by atoms with Crippen molar-refractivity contribution in [3.8, 4) is 0 Å². The molecule has 3 aromatic rings. The Kier molecular flexibility index (Phi) is 6.07. The normalized spacial score (nSPS) is 10.2. The van der Waals surface area contributed by atoms with Crippen LogP contribution >= 0.6 is 0 Å². The summed E-state index contributed by atoms with van der Waals surface area (Å²) in [4.78, 5) is 25.6. The summed E-state index contributed by atoms with van der Waals surface area (Å²) in [6, 6.07) is 24.8. The summed E-state index contributed by atoms with van der Waals surface area (Å²) in [5.41, 5.74) is 4.23. The SMILES string of the molecule is CC(=O)Nc1ccc(C(=O)Nc2ccc(N(C)Cc3ccccc3)cc2)cc1. The highest BCUT2D eigenvalue weighted by Crippen LogP contribution is 2.19. The minimum atomic E-state index is -0.195. The Morgan fingerprint density at radius 2 is 1.36 bits per heavy atom. The first-order chi connectivity index (χ1) is 13.5. The number of hydrogen-bond acceptors (Lipinski definition) is 3. The van der Waals surface area contributed by atoms with Gasteiger partial charge in [0.05, 0.1) is 0 Å². The van der Waals surface area contributed by atoms with Crippen LogP contribution < -0.4 is 15.5 Å². The predicted molar refractivity (Wildman–Crippen MR) is 114 cm³/mol. The second-order valence-corrected chi connectivity index (χ2v) is 6.60. The molecule has 0 aromatic heterocycles. The van der Waals surface area contributed by atoms with Crippen molar-refractivity contribution >= 4 is 28.9 Å². The third-order valence-corrected chi connectivity index (χ3v) is 4.30. The largest absolute Gasteiger partial charge is 0.370 e. The molecule has 3 aromatic carbocycles. The Morgan fingerprint density at radius 3 is 1.96 bits per heavy atom. The maximum atomic E-state index is 12.4. The lowest BCUT2D eigenvalue weighted by Crippen LogP contribution is -2.16. The first-order valence-corrected chi connectivity index (χ1v) is 9.05. The van der Waals surface area contributed by atoms with Gasteiger partial charge in [-0.15, -0.1) is 0 Å². The van der Waals surface area contributed by atoms with E-state index in [1.807, 2.05) is 49.5 Å².